The number of aliphatic hydroxyl groups is 1. The predicted molar refractivity (Wildman–Crippen MR) is 121 cm³/mol. The molecule has 0 aliphatic carbocycles. The number of fused-ring (bicyclic) bond motifs is 4. The van der Waals surface area contributed by atoms with Crippen LogP contribution in [0.2, 0.25) is 0 Å². The number of aliphatic hydroxyl groups excluding tert-OH is 1. The van der Waals surface area contributed by atoms with Crippen molar-refractivity contribution in [2.75, 3.05) is 20.2 Å². The van der Waals surface area contributed by atoms with E-state index >= 15 is 0 Å². The monoisotopic (exact) mass is 416 g/mol. The number of rotatable bonds is 6. The van der Waals surface area contributed by atoms with Gasteiger partial charge in [0.15, 0.2) is 0 Å². The summed E-state index contributed by atoms with van der Waals surface area (Å²) in [5.74, 6) is 1.88. The van der Waals surface area contributed by atoms with Crippen LogP contribution >= 0.6 is 0 Å². The highest BCUT2D eigenvalue weighted by Crippen LogP contribution is 2.48. The molecule has 2 bridgehead atoms. The van der Waals surface area contributed by atoms with E-state index in [9.17, 15) is 5.11 Å². The molecule has 3 aliphatic rings. The van der Waals surface area contributed by atoms with E-state index in [1.807, 2.05) is 48.9 Å². The van der Waals surface area contributed by atoms with Gasteiger partial charge in [-0.1, -0.05) is 12.1 Å². The van der Waals surface area contributed by atoms with Crippen LogP contribution < -0.4 is 4.74 Å². The van der Waals surface area contributed by atoms with Gasteiger partial charge in [0.05, 0.1) is 25.7 Å². The Labute approximate surface area is 183 Å². The van der Waals surface area contributed by atoms with Crippen molar-refractivity contribution in [3.8, 4) is 5.75 Å². The Morgan fingerprint density at radius 2 is 2.19 bits per heavy atom. The molecular formula is C26H30N3O2+. The van der Waals surface area contributed by atoms with E-state index in [1.54, 1.807) is 7.11 Å². The molecule has 5 heteroatoms. The van der Waals surface area contributed by atoms with Crippen LogP contribution in [0.15, 0.2) is 67.6 Å². The molecule has 0 saturated carbocycles. The summed E-state index contributed by atoms with van der Waals surface area (Å²) in [6.45, 7) is 7.12. The molecule has 1 N–H and O–H groups in total. The standard InChI is InChI=1S/C26H30N3O2/c1-3-19-17-29(16-18-5-4-10-27-15-18)12-9-20(19)13-25(29)26(30)22-8-11-28-24-7-6-21(31-2)14-23(22)24/h3-8,10-11,14-15,19-20,25-26,30H,1,9,12-13,16-17H2,2H3/q+1/t19?,20?,25?,26-,29?/m0/s1. The number of hydrogen-bond acceptors (Lipinski definition) is 4. The molecule has 160 valence electrons. The second kappa shape index (κ2) is 8.06. The summed E-state index contributed by atoms with van der Waals surface area (Å²) >= 11 is 0. The van der Waals surface area contributed by atoms with Gasteiger partial charge in [0.25, 0.3) is 0 Å². The van der Waals surface area contributed by atoms with Crippen molar-refractivity contribution in [1.82, 2.24) is 9.97 Å². The summed E-state index contributed by atoms with van der Waals surface area (Å²) in [5, 5.41) is 12.8. The molecule has 3 aliphatic heterocycles. The van der Waals surface area contributed by atoms with E-state index in [0.29, 0.717) is 11.8 Å². The predicted octanol–water partition coefficient (Wildman–Crippen LogP) is 4.28. The molecular weight excluding hydrogens is 386 g/mol. The summed E-state index contributed by atoms with van der Waals surface area (Å²) in [6, 6.07) is 12.1. The minimum Gasteiger partial charge on any atom is -0.497 e. The van der Waals surface area contributed by atoms with Gasteiger partial charge in [-0.15, -0.1) is 6.58 Å². The molecule has 0 amide bonds. The number of methoxy groups -OCH3 is 1. The Morgan fingerprint density at radius 3 is 2.97 bits per heavy atom. The maximum atomic E-state index is 11.8. The number of nitrogens with zero attached hydrogens (tertiary/aromatic N) is 3. The minimum atomic E-state index is -0.567. The maximum absolute atomic E-state index is 11.8. The highest BCUT2D eigenvalue weighted by atomic mass is 16.5. The van der Waals surface area contributed by atoms with Gasteiger partial charge in [-0.05, 0) is 41.8 Å². The van der Waals surface area contributed by atoms with Crippen LogP contribution in [0.25, 0.3) is 10.9 Å². The average molecular weight is 417 g/mol. The molecule has 5 nitrogen and oxygen atoms in total. The van der Waals surface area contributed by atoms with E-state index < -0.39 is 6.10 Å². The van der Waals surface area contributed by atoms with Gasteiger partial charge in [0, 0.05) is 48.3 Å². The highest BCUT2D eigenvalue weighted by molar-refractivity contribution is 5.83. The lowest BCUT2D eigenvalue weighted by Gasteiger charge is -2.58. The van der Waals surface area contributed by atoms with Gasteiger partial charge >= 0.3 is 0 Å². The normalized spacial score (nSPS) is 28.4. The third-order valence-corrected chi connectivity index (χ3v) is 7.56. The van der Waals surface area contributed by atoms with Gasteiger partial charge in [0.2, 0.25) is 0 Å². The van der Waals surface area contributed by atoms with Crippen molar-refractivity contribution in [2.45, 2.75) is 31.5 Å². The Hall–Kier alpha value is -2.76. The summed E-state index contributed by atoms with van der Waals surface area (Å²) in [6.07, 6.45) is 9.35. The van der Waals surface area contributed by atoms with Crippen molar-refractivity contribution >= 4 is 10.9 Å². The lowest BCUT2D eigenvalue weighted by Crippen LogP contribution is -2.67. The number of pyridine rings is 2. The number of quaternary nitrogens is 1. The topological polar surface area (TPSA) is 55.2 Å². The van der Waals surface area contributed by atoms with Crippen LogP contribution in [0, 0.1) is 11.8 Å². The van der Waals surface area contributed by atoms with Gasteiger partial charge in [0.1, 0.15) is 24.4 Å². The number of aromatic nitrogens is 2. The van der Waals surface area contributed by atoms with E-state index in [0.717, 1.165) is 52.8 Å². The van der Waals surface area contributed by atoms with Gasteiger partial charge in [-0.2, -0.15) is 0 Å². The van der Waals surface area contributed by atoms with Gasteiger partial charge in [-0.3, -0.25) is 9.97 Å². The smallest absolute Gasteiger partial charge is 0.131 e. The molecule has 5 atom stereocenters. The number of ether oxygens (including phenoxy) is 1. The lowest BCUT2D eigenvalue weighted by atomic mass is 9.71. The zero-order valence-corrected chi connectivity index (χ0v) is 18.0. The largest absolute Gasteiger partial charge is 0.497 e. The number of benzene rings is 1. The average Bonchev–Trinajstić information content (AvgIpc) is 2.83. The van der Waals surface area contributed by atoms with Gasteiger partial charge < -0.3 is 14.3 Å². The van der Waals surface area contributed by atoms with E-state index in [-0.39, 0.29) is 6.04 Å². The van der Waals surface area contributed by atoms with Crippen LogP contribution in [0.1, 0.15) is 30.1 Å². The molecule has 6 rings (SSSR count). The molecule has 0 spiro atoms. The van der Waals surface area contributed by atoms with Crippen LogP contribution in [-0.2, 0) is 6.54 Å². The van der Waals surface area contributed by atoms with Crippen molar-refractivity contribution in [2.24, 2.45) is 11.8 Å². The Bertz CT molecular complexity index is 1090. The van der Waals surface area contributed by atoms with E-state index in [1.165, 1.54) is 12.0 Å². The van der Waals surface area contributed by atoms with Crippen molar-refractivity contribution < 1.29 is 14.3 Å². The summed E-state index contributed by atoms with van der Waals surface area (Å²) in [5.41, 5.74) is 3.06. The third kappa shape index (κ3) is 3.52. The Morgan fingerprint density at radius 1 is 1.29 bits per heavy atom. The fourth-order valence-electron chi connectivity index (χ4n) is 5.98. The van der Waals surface area contributed by atoms with E-state index in [4.69, 9.17) is 4.74 Å². The summed E-state index contributed by atoms with van der Waals surface area (Å²) in [7, 11) is 1.67. The van der Waals surface area contributed by atoms with Crippen LogP contribution in [-0.4, -0.2) is 45.8 Å². The molecule has 1 aromatic carbocycles. The molecule has 31 heavy (non-hydrogen) atoms. The van der Waals surface area contributed by atoms with Crippen molar-refractivity contribution in [3.63, 3.8) is 0 Å². The summed E-state index contributed by atoms with van der Waals surface area (Å²) in [4.78, 5) is 8.85. The molecule has 5 heterocycles. The highest BCUT2D eigenvalue weighted by Gasteiger charge is 2.54. The van der Waals surface area contributed by atoms with Crippen LogP contribution in [0.3, 0.4) is 0 Å². The second-order valence-electron chi connectivity index (χ2n) is 9.12. The molecule has 3 saturated heterocycles. The van der Waals surface area contributed by atoms with Crippen molar-refractivity contribution in [3.05, 3.63) is 78.8 Å². The fraction of sp³-hybridized carbons (Fsp3) is 0.385. The second-order valence-corrected chi connectivity index (χ2v) is 9.12. The molecule has 3 fully saturated rings. The third-order valence-electron chi connectivity index (χ3n) is 7.56. The quantitative estimate of drug-likeness (QED) is 0.481. The first-order valence-electron chi connectivity index (χ1n) is 11.1. The minimum absolute atomic E-state index is 0.131. The zero-order valence-electron chi connectivity index (χ0n) is 18.0. The summed E-state index contributed by atoms with van der Waals surface area (Å²) < 4.78 is 6.33. The molecule has 0 radical (unpaired) electrons. The Balaban J connectivity index is 1.56. The maximum Gasteiger partial charge on any atom is 0.131 e. The SMILES string of the molecule is C=CC1C[N+]2(Cc3cccnc3)CCC1CC2[C@@H](O)c1ccnc2ccc(OC)cc12. The Kier molecular flexibility index (Phi) is 5.24. The fourth-order valence-corrected chi connectivity index (χ4v) is 5.98. The molecule has 2 aromatic heterocycles. The zero-order chi connectivity index (χ0) is 21.4. The van der Waals surface area contributed by atoms with Gasteiger partial charge in [-0.25, -0.2) is 0 Å². The first kappa shape index (κ1) is 20.2. The molecule has 4 unspecified atom stereocenters. The lowest BCUT2D eigenvalue weighted by molar-refractivity contribution is -0.985. The first-order chi connectivity index (χ1) is 15.1. The van der Waals surface area contributed by atoms with Crippen LogP contribution in [0.4, 0.5) is 0 Å². The number of piperidine rings is 3. The van der Waals surface area contributed by atoms with Crippen LogP contribution in [0.5, 0.6) is 5.75 Å². The van der Waals surface area contributed by atoms with E-state index in [2.05, 4.69) is 28.7 Å². The molecule has 3 aromatic rings. The van der Waals surface area contributed by atoms with Crippen molar-refractivity contribution in [1.29, 1.82) is 0 Å². The first-order valence-corrected chi connectivity index (χ1v) is 11.1. The number of hydrogen-bond donors (Lipinski definition) is 1.